The third-order valence-electron chi connectivity index (χ3n) is 2.36. The van der Waals surface area contributed by atoms with E-state index in [4.69, 9.17) is 11.6 Å². The van der Waals surface area contributed by atoms with Crippen LogP contribution >= 0.6 is 11.6 Å². The molecule has 0 bridgehead atoms. The van der Waals surface area contributed by atoms with Crippen molar-refractivity contribution in [3.8, 4) is 0 Å². The summed E-state index contributed by atoms with van der Waals surface area (Å²) in [5.41, 5.74) is 0. The summed E-state index contributed by atoms with van der Waals surface area (Å²) in [6.07, 6.45) is 3.92. The fourth-order valence-corrected chi connectivity index (χ4v) is 1.81. The molecule has 0 radical (unpaired) electrons. The van der Waals surface area contributed by atoms with Crippen molar-refractivity contribution in [1.29, 1.82) is 0 Å². The normalized spacial score (nSPS) is 23.4. The van der Waals surface area contributed by atoms with Gasteiger partial charge >= 0.3 is 0 Å². The Kier molecular flexibility index (Phi) is 3.50. The van der Waals surface area contributed by atoms with Crippen molar-refractivity contribution in [1.82, 2.24) is 4.90 Å². The van der Waals surface area contributed by atoms with Gasteiger partial charge in [-0.25, -0.2) is 0 Å². The highest BCUT2D eigenvalue weighted by Gasteiger charge is 2.15. The number of hydrogen-bond acceptors (Lipinski definition) is 1. The van der Waals surface area contributed by atoms with Crippen LogP contribution in [0.25, 0.3) is 0 Å². The van der Waals surface area contributed by atoms with Gasteiger partial charge in [0.25, 0.3) is 0 Å². The van der Waals surface area contributed by atoms with Crippen LogP contribution in [0.3, 0.4) is 0 Å². The first-order valence-electron chi connectivity index (χ1n) is 4.07. The van der Waals surface area contributed by atoms with Crippen molar-refractivity contribution in [2.45, 2.75) is 19.3 Å². The van der Waals surface area contributed by atoms with E-state index >= 15 is 0 Å². The Bertz CT molecular complexity index is 87.3. The van der Waals surface area contributed by atoms with Gasteiger partial charge in [0.15, 0.2) is 0 Å². The average Bonchev–Trinajstić information content (AvgIpc) is 1.95. The Labute approximate surface area is 68.4 Å². The maximum atomic E-state index is 5.66. The van der Waals surface area contributed by atoms with Crippen LogP contribution in [0.2, 0.25) is 0 Å². The molecule has 1 aliphatic heterocycles. The van der Waals surface area contributed by atoms with Crippen LogP contribution in [-0.2, 0) is 0 Å². The Balaban J connectivity index is 2.13. The van der Waals surface area contributed by atoms with E-state index in [1.54, 1.807) is 0 Å². The average molecular weight is 162 g/mol. The lowest BCUT2D eigenvalue weighted by Gasteiger charge is -2.28. The Hall–Kier alpha value is 0.250. The summed E-state index contributed by atoms with van der Waals surface area (Å²) in [6, 6.07) is 0. The van der Waals surface area contributed by atoms with Crippen molar-refractivity contribution in [2.24, 2.45) is 5.92 Å². The minimum atomic E-state index is 0.842. The minimum Gasteiger partial charge on any atom is -0.306 e. The first-order valence-corrected chi connectivity index (χ1v) is 4.61. The third-order valence-corrected chi connectivity index (χ3v) is 2.57. The zero-order valence-electron chi connectivity index (χ0n) is 6.65. The second-order valence-electron chi connectivity index (χ2n) is 3.22. The Morgan fingerprint density at radius 1 is 1.40 bits per heavy atom. The molecule has 1 fully saturated rings. The van der Waals surface area contributed by atoms with E-state index in [1.807, 2.05) is 0 Å². The van der Waals surface area contributed by atoms with Gasteiger partial charge < -0.3 is 4.90 Å². The second-order valence-corrected chi connectivity index (χ2v) is 3.60. The molecule has 0 aromatic heterocycles. The number of alkyl halides is 1. The summed E-state index contributed by atoms with van der Waals surface area (Å²) in [7, 11) is 2.19. The molecule has 1 saturated heterocycles. The van der Waals surface area contributed by atoms with E-state index in [-0.39, 0.29) is 0 Å². The summed E-state index contributed by atoms with van der Waals surface area (Å²) < 4.78 is 0. The predicted molar refractivity (Wildman–Crippen MR) is 45.6 cm³/mol. The van der Waals surface area contributed by atoms with Crippen LogP contribution in [-0.4, -0.2) is 30.9 Å². The number of hydrogen-bond donors (Lipinski definition) is 0. The topological polar surface area (TPSA) is 3.24 Å². The molecule has 0 saturated carbocycles. The Morgan fingerprint density at radius 2 is 2.00 bits per heavy atom. The van der Waals surface area contributed by atoms with Crippen LogP contribution in [0.4, 0.5) is 0 Å². The fourth-order valence-electron chi connectivity index (χ4n) is 1.51. The first-order chi connectivity index (χ1) is 4.83. The quantitative estimate of drug-likeness (QED) is 0.560. The third kappa shape index (κ3) is 2.47. The van der Waals surface area contributed by atoms with Crippen molar-refractivity contribution >= 4 is 11.6 Å². The molecule has 60 valence electrons. The summed E-state index contributed by atoms with van der Waals surface area (Å²) >= 11 is 5.66. The van der Waals surface area contributed by atoms with E-state index in [2.05, 4.69) is 11.9 Å². The summed E-state index contributed by atoms with van der Waals surface area (Å²) in [6.45, 7) is 2.53. The fraction of sp³-hybridized carbons (Fsp3) is 1.00. The molecule has 2 heteroatoms. The maximum absolute atomic E-state index is 5.66. The number of piperidine rings is 1. The van der Waals surface area contributed by atoms with Crippen LogP contribution < -0.4 is 0 Å². The van der Waals surface area contributed by atoms with Gasteiger partial charge in [-0.05, 0) is 45.3 Å². The van der Waals surface area contributed by atoms with Gasteiger partial charge in [0.1, 0.15) is 0 Å². The largest absolute Gasteiger partial charge is 0.306 e. The van der Waals surface area contributed by atoms with Crippen molar-refractivity contribution in [2.75, 3.05) is 26.0 Å². The van der Waals surface area contributed by atoms with Gasteiger partial charge in [0.2, 0.25) is 0 Å². The van der Waals surface area contributed by atoms with E-state index in [1.165, 1.54) is 32.4 Å². The van der Waals surface area contributed by atoms with E-state index < -0.39 is 0 Å². The second kappa shape index (κ2) is 4.20. The van der Waals surface area contributed by atoms with Crippen LogP contribution in [0.1, 0.15) is 19.3 Å². The maximum Gasteiger partial charge on any atom is 0.0226 e. The summed E-state index contributed by atoms with van der Waals surface area (Å²) in [4.78, 5) is 2.39. The van der Waals surface area contributed by atoms with Gasteiger partial charge in [-0.3, -0.25) is 0 Å². The van der Waals surface area contributed by atoms with Crippen molar-refractivity contribution in [3.63, 3.8) is 0 Å². The molecule has 0 spiro atoms. The van der Waals surface area contributed by atoms with Crippen LogP contribution in [0, 0.1) is 5.92 Å². The zero-order valence-corrected chi connectivity index (χ0v) is 7.40. The first kappa shape index (κ1) is 8.35. The smallest absolute Gasteiger partial charge is 0.0226 e. The van der Waals surface area contributed by atoms with Gasteiger partial charge in [0.05, 0.1) is 0 Å². The Morgan fingerprint density at radius 3 is 2.50 bits per heavy atom. The molecule has 0 aromatic carbocycles. The molecule has 10 heavy (non-hydrogen) atoms. The molecule has 1 rings (SSSR count). The lowest BCUT2D eigenvalue weighted by atomic mass is 9.95. The highest BCUT2D eigenvalue weighted by atomic mass is 35.5. The minimum absolute atomic E-state index is 0.842. The molecule has 0 atom stereocenters. The van der Waals surface area contributed by atoms with Gasteiger partial charge in [-0.1, -0.05) is 0 Å². The molecule has 1 heterocycles. The van der Waals surface area contributed by atoms with Gasteiger partial charge in [-0.15, -0.1) is 11.6 Å². The monoisotopic (exact) mass is 161 g/mol. The predicted octanol–water partition coefficient (Wildman–Crippen LogP) is 1.96. The summed E-state index contributed by atoms with van der Waals surface area (Å²) in [5, 5.41) is 0. The number of likely N-dealkylation sites (tertiary alicyclic amines) is 1. The molecule has 1 aliphatic rings. The van der Waals surface area contributed by atoms with Gasteiger partial charge in [0, 0.05) is 5.88 Å². The highest BCUT2D eigenvalue weighted by molar-refractivity contribution is 6.17. The number of rotatable bonds is 2. The highest BCUT2D eigenvalue weighted by Crippen LogP contribution is 2.19. The number of nitrogens with zero attached hydrogens (tertiary/aromatic N) is 1. The van der Waals surface area contributed by atoms with E-state index in [9.17, 15) is 0 Å². The molecule has 1 nitrogen and oxygen atoms in total. The molecule has 0 N–H and O–H groups in total. The lowest BCUT2D eigenvalue weighted by molar-refractivity contribution is 0.217. The van der Waals surface area contributed by atoms with Crippen molar-refractivity contribution in [3.05, 3.63) is 0 Å². The van der Waals surface area contributed by atoms with E-state index in [0.29, 0.717) is 0 Å². The van der Waals surface area contributed by atoms with Crippen LogP contribution in [0.5, 0.6) is 0 Å². The van der Waals surface area contributed by atoms with Gasteiger partial charge in [-0.2, -0.15) is 0 Å². The SMILES string of the molecule is CN1CCC(CCCl)CC1. The summed E-state index contributed by atoms with van der Waals surface area (Å²) in [5.74, 6) is 1.75. The number of halogens is 1. The molecular weight excluding hydrogens is 146 g/mol. The standard InChI is InChI=1S/C8H16ClN/c1-10-6-3-8(2-5-9)4-7-10/h8H,2-7H2,1H3. The lowest BCUT2D eigenvalue weighted by Crippen LogP contribution is -2.30. The molecule has 0 aliphatic carbocycles. The molecule has 0 unspecified atom stereocenters. The molecular formula is C8H16ClN. The van der Waals surface area contributed by atoms with Crippen molar-refractivity contribution < 1.29 is 0 Å². The van der Waals surface area contributed by atoms with E-state index in [0.717, 1.165) is 11.8 Å². The molecule has 0 aromatic rings. The zero-order chi connectivity index (χ0) is 7.40. The van der Waals surface area contributed by atoms with Crippen LogP contribution in [0.15, 0.2) is 0 Å². The molecule has 0 amide bonds.